The zero-order valence-corrected chi connectivity index (χ0v) is 15.1. The zero-order valence-electron chi connectivity index (χ0n) is 15.1. The summed E-state index contributed by atoms with van der Waals surface area (Å²) in [6.07, 6.45) is 13.7. The number of rotatable bonds is 12. The maximum Gasteiger partial charge on any atom is 0.311 e. The number of benzene rings is 1. The maximum atomic E-state index is 11.8. The van der Waals surface area contributed by atoms with Crippen LogP contribution < -0.4 is 0 Å². The minimum Gasteiger partial charge on any atom is -0.481 e. The molecule has 2 rings (SSSR count). The molecule has 1 atom stereocenters. The molecule has 1 unspecified atom stereocenters. The number of nitrogens with zero attached hydrogens (tertiary/aromatic N) is 3. The van der Waals surface area contributed by atoms with Gasteiger partial charge in [0, 0.05) is 0 Å². The Bertz CT molecular complexity index is 626. The van der Waals surface area contributed by atoms with E-state index in [2.05, 4.69) is 17.2 Å². The van der Waals surface area contributed by atoms with Gasteiger partial charge in [0.25, 0.3) is 0 Å². The van der Waals surface area contributed by atoms with Crippen molar-refractivity contribution in [2.24, 2.45) is 0 Å². The quantitative estimate of drug-likeness (QED) is 0.553. The van der Waals surface area contributed by atoms with E-state index in [0.29, 0.717) is 6.42 Å². The summed E-state index contributed by atoms with van der Waals surface area (Å²) in [6, 6.07) is 7.57. The smallest absolute Gasteiger partial charge is 0.311 e. The maximum absolute atomic E-state index is 11.8. The molecular formula is C20H29N3O2. The molecular weight excluding hydrogens is 314 g/mol. The van der Waals surface area contributed by atoms with Crippen molar-refractivity contribution in [2.75, 3.05) is 0 Å². The van der Waals surface area contributed by atoms with Gasteiger partial charge in [-0.1, -0.05) is 81.7 Å². The van der Waals surface area contributed by atoms with Crippen LogP contribution in [0, 0.1) is 0 Å². The van der Waals surface area contributed by atoms with Crippen LogP contribution in [0.15, 0.2) is 36.7 Å². The van der Waals surface area contributed by atoms with Gasteiger partial charge >= 0.3 is 5.97 Å². The van der Waals surface area contributed by atoms with E-state index in [0.717, 1.165) is 24.1 Å². The van der Waals surface area contributed by atoms with Crippen LogP contribution in [0.4, 0.5) is 0 Å². The molecule has 1 heterocycles. The van der Waals surface area contributed by atoms with E-state index in [-0.39, 0.29) is 0 Å². The number of unbranched alkanes of at least 4 members (excludes halogenated alkanes) is 7. The van der Waals surface area contributed by atoms with Gasteiger partial charge in [-0.25, -0.2) is 4.68 Å². The molecule has 136 valence electrons. The third kappa shape index (κ3) is 6.00. The number of para-hydroxylation sites is 1. The second-order valence-corrected chi connectivity index (χ2v) is 6.56. The van der Waals surface area contributed by atoms with E-state index in [1.54, 1.807) is 17.1 Å². The summed E-state index contributed by atoms with van der Waals surface area (Å²) in [7, 11) is 0. The first-order valence-corrected chi connectivity index (χ1v) is 9.42. The Morgan fingerprint density at radius 1 is 1.08 bits per heavy atom. The second-order valence-electron chi connectivity index (χ2n) is 6.56. The first-order valence-electron chi connectivity index (χ1n) is 9.42. The minimum absolute atomic E-state index is 0.500. The third-order valence-corrected chi connectivity index (χ3v) is 4.63. The van der Waals surface area contributed by atoms with Gasteiger partial charge in [-0.3, -0.25) is 4.79 Å². The summed E-state index contributed by atoms with van der Waals surface area (Å²) in [5.74, 6) is -1.27. The SMILES string of the molecule is CCCCCCCCCCC(C(=O)O)c1ccccc1-n1ccnn1. The fourth-order valence-corrected chi connectivity index (χ4v) is 3.22. The van der Waals surface area contributed by atoms with Crippen LogP contribution in [-0.2, 0) is 4.79 Å². The van der Waals surface area contributed by atoms with Gasteiger partial charge in [0.05, 0.1) is 24.0 Å². The summed E-state index contributed by atoms with van der Waals surface area (Å²) in [5.41, 5.74) is 1.61. The van der Waals surface area contributed by atoms with Gasteiger partial charge in [-0.15, -0.1) is 5.10 Å². The molecule has 0 spiro atoms. The molecule has 0 aliphatic heterocycles. The fourth-order valence-electron chi connectivity index (χ4n) is 3.22. The van der Waals surface area contributed by atoms with Gasteiger partial charge in [0.2, 0.25) is 0 Å². The number of carboxylic acids is 1. The molecule has 1 aromatic heterocycles. The predicted octanol–water partition coefficient (Wildman–Crippen LogP) is 4.97. The zero-order chi connectivity index (χ0) is 17.9. The van der Waals surface area contributed by atoms with Crippen molar-refractivity contribution >= 4 is 5.97 Å². The average molecular weight is 343 g/mol. The first-order chi connectivity index (χ1) is 12.2. The topological polar surface area (TPSA) is 68.0 Å². The fraction of sp³-hybridized carbons (Fsp3) is 0.550. The lowest BCUT2D eigenvalue weighted by Gasteiger charge is -2.16. The molecule has 0 bridgehead atoms. The van der Waals surface area contributed by atoms with Crippen LogP contribution in [-0.4, -0.2) is 26.1 Å². The van der Waals surface area contributed by atoms with Crippen molar-refractivity contribution in [3.8, 4) is 5.69 Å². The highest BCUT2D eigenvalue weighted by molar-refractivity contribution is 5.77. The number of aromatic nitrogens is 3. The molecule has 1 N–H and O–H groups in total. The van der Waals surface area contributed by atoms with Gasteiger partial charge in [0.1, 0.15) is 0 Å². The summed E-state index contributed by atoms with van der Waals surface area (Å²) in [4.78, 5) is 11.8. The Balaban J connectivity index is 1.90. The van der Waals surface area contributed by atoms with Crippen molar-refractivity contribution < 1.29 is 9.90 Å². The van der Waals surface area contributed by atoms with E-state index in [1.807, 2.05) is 24.3 Å². The predicted molar refractivity (Wildman–Crippen MR) is 99.0 cm³/mol. The lowest BCUT2D eigenvalue weighted by Crippen LogP contribution is -2.14. The highest BCUT2D eigenvalue weighted by Gasteiger charge is 2.23. The van der Waals surface area contributed by atoms with Crippen LogP contribution in [0.2, 0.25) is 0 Å². The summed E-state index contributed by atoms with van der Waals surface area (Å²) >= 11 is 0. The minimum atomic E-state index is -0.768. The van der Waals surface area contributed by atoms with Gasteiger partial charge in [-0.2, -0.15) is 0 Å². The lowest BCUT2D eigenvalue weighted by atomic mass is 9.91. The average Bonchev–Trinajstić information content (AvgIpc) is 3.15. The highest BCUT2D eigenvalue weighted by Crippen LogP contribution is 2.28. The Labute approximate surface area is 150 Å². The number of carboxylic acid groups (broad SMARTS) is 1. The molecule has 0 aliphatic rings. The Hall–Kier alpha value is -2.17. The van der Waals surface area contributed by atoms with E-state index in [1.165, 1.54) is 38.5 Å². The first kappa shape index (κ1) is 19.2. The van der Waals surface area contributed by atoms with Crippen LogP contribution >= 0.6 is 0 Å². The van der Waals surface area contributed by atoms with Crippen molar-refractivity contribution in [3.63, 3.8) is 0 Å². The molecule has 0 saturated carbocycles. The van der Waals surface area contributed by atoms with Crippen molar-refractivity contribution in [1.29, 1.82) is 0 Å². The normalized spacial score (nSPS) is 12.2. The van der Waals surface area contributed by atoms with E-state index in [4.69, 9.17) is 0 Å². The number of hydrogen-bond acceptors (Lipinski definition) is 3. The number of carbonyl (C=O) groups is 1. The number of hydrogen-bond donors (Lipinski definition) is 1. The van der Waals surface area contributed by atoms with Gasteiger partial charge in [-0.05, 0) is 18.1 Å². The molecule has 2 aromatic rings. The Morgan fingerprint density at radius 3 is 2.40 bits per heavy atom. The Kier molecular flexibility index (Phi) is 8.16. The highest BCUT2D eigenvalue weighted by atomic mass is 16.4. The molecule has 5 heteroatoms. The molecule has 0 aliphatic carbocycles. The van der Waals surface area contributed by atoms with Crippen LogP contribution in [0.5, 0.6) is 0 Å². The summed E-state index contributed by atoms with van der Waals surface area (Å²) in [5, 5.41) is 17.5. The number of aliphatic carboxylic acids is 1. The lowest BCUT2D eigenvalue weighted by molar-refractivity contribution is -0.139. The molecule has 0 amide bonds. The van der Waals surface area contributed by atoms with Crippen molar-refractivity contribution in [2.45, 2.75) is 70.6 Å². The van der Waals surface area contributed by atoms with Crippen LogP contribution in [0.25, 0.3) is 5.69 Å². The summed E-state index contributed by atoms with van der Waals surface area (Å²) < 4.78 is 1.64. The standard InChI is InChI=1S/C20H29N3O2/c1-2-3-4-5-6-7-8-9-13-18(20(24)25)17-12-10-11-14-19(17)23-16-15-21-22-23/h10-12,14-16,18H,2-9,13H2,1H3,(H,24,25). The van der Waals surface area contributed by atoms with E-state index >= 15 is 0 Å². The van der Waals surface area contributed by atoms with Crippen LogP contribution in [0.1, 0.15) is 76.2 Å². The van der Waals surface area contributed by atoms with Gasteiger partial charge < -0.3 is 5.11 Å². The third-order valence-electron chi connectivity index (χ3n) is 4.63. The second kappa shape index (κ2) is 10.6. The van der Waals surface area contributed by atoms with E-state index in [9.17, 15) is 9.90 Å². The Morgan fingerprint density at radius 2 is 1.76 bits per heavy atom. The molecule has 1 aromatic carbocycles. The van der Waals surface area contributed by atoms with Gasteiger partial charge in [0.15, 0.2) is 0 Å². The monoisotopic (exact) mass is 343 g/mol. The van der Waals surface area contributed by atoms with E-state index < -0.39 is 11.9 Å². The largest absolute Gasteiger partial charge is 0.481 e. The molecule has 0 radical (unpaired) electrons. The molecule has 0 saturated heterocycles. The van der Waals surface area contributed by atoms with Crippen LogP contribution in [0.3, 0.4) is 0 Å². The summed E-state index contributed by atoms with van der Waals surface area (Å²) in [6.45, 7) is 2.23. The molecule has 5 nitrogen and oxygen atoms in total. The van der Waals surface area contributed by atoms with Crippen molar-refractivity contribution in [1.82, 2.24) is 15.0 Å². The molecule has 0 fully saturated rings. The molecule has 25 heavy (non-hydrogen) atoms. The van der Waals surface area contributed by atoms with Crippen molar-refractivity contribution in [3.05, 3.63) is 42.2 Å².